The molecule has 0 bridgehead atoms. The van der Waals surface area contributed by atoms with Crippen LogP contribution in [-0.2, 0) is 51.0 Å². The van der Waals surface area contributed by atoms with Crippen molar-refractivity contribution in [1.29, 1.82) is 0 Å². The second-order valence-electron chi connectivity index (χ2n) is 9.64. The van der Waals surface area contributed by atoms with Gasteiger partial charge in [0.15, 0.2) is 0 Å². The van der Waals surface area contributed by atoms with Crippen molar-refractivity contribution in [2.24, 2.45) is 0 Å². The number of hydrogen-bond donors (Lipinski definition) is 0. The van der Waals surface area contributed by atoms with Gasteiger partial charge in [-0.1, -0.05) is 0 Å². The van der Waals surface area contributed by atoms with Crippen molar-refractivity contribution in [3.63, 3.8) is 0 Å². The summed E-state index contributed by atoms with van der Waals surface area (Å²) in [5.74, 6) is 0. The van der Waals surface area contributed by atoms with E-state index in [1.54, 1.807) is 0 Å². The molecule has 0 radical (unpaired) electrons. The van der Waals surface area contributed by atoms with Crippen LogP contribution in [0.3, 0.4) is 0 Å². The van der Waals surface area contributed by atoms with E-state index in [1.165, 1.54) is 20.5 Å². The minimum Gasteiger partial charge on any atom is -0.378 e. The van der Waals surface area contributed by atoms with Gasteiger partial charge in [-0.2, -0.15) is 0 Å². The highest BCUT2D eigenvalue weighted by Crippen LogP contribution is 2.36. The first-order valence-electron chi connectivity index (χ1n) is 14.4. The quantitative estimate of drug-likeness (QED) is 0.521. The molecule has 0 N–H and O–H groups in total. The summed E-state index contributed by atoms with van der Waals surface area (Å²) < 4.78 is 47.0. The van der Waals surface area contributed by atoms with Gasteiger partial charge < -0.3 is 37.9 Å². The van der Waals surface area contributed by atoms with Gasteiger partial charge in [0, 0.05) is 44.7 Å². The fourth-order valence-electron chi connectivity index (χ4n) is 4.53. The average molecular weight is 603 g/mol. The third-order valence-corrected chi connectivity index (χ3v) is 8.91. The summed E-state index contributed by atoms with van der Waals surface area (Å²) in [6.07, 6.45) is 0. The Morgan fingerprint density at radius 1 is 0.425 bits per heavy atom. The van der Waals surface area contributed by atoms with Crippen LogP contribution in [0.1, 0.15) is 11.1 Å². The molecule has 2 aromatic rings. The zero-order valence-electron chi connectivity index (χ0n) is 23.7. The molecule has 0 aliphatic carbocycles. The highest BCUT2D eigenvalue weighted by Gasteiger charge is 2.17. The summed E-state index contributed by atoms with van der Waals surface area (Å²) in [5, 5.41) is 6.04. The van der Waals surface area contributed by atoms with Crippen molar-refractivity contribution in [3.8, 4) is 0 Å². The van der Waals surface area contributed by atoms with Gasteiger partial charge in [-0.05, 0) is 21.9 Å². The molecule has 10 nitrogen and oxygen atoms in total. The Morgan fingerprint density at radius 3 is 1.00 bits per heavy atom. The van der Waals surface area contributed by atoms with Crippen LogP contribution in [0.25, 0.3) is 9.40 Å². The van der Waals surface area contributed by atoms with E-state index in [0.29, 0.717) is 106 Å². The molecule has 4 heterocycles. The topological polar surface area (TPSA) is 80.3 Å². The Labute approximate surface area is 246 Å². The highest BCUT2D eigenvalue weighted by atomic mass is 32.2. The maximum atomic E-state index is 5.85. The zero-order chi connectivity index (χ0) is 27.5. The minimum absolute atomic E-state index is 0.591. The average Bonchev–Trinajstić information content (AvgIpc) is 3.54. The van der Waals surface area contributed by atoms with Crippen molar-refractivity contribution < 1.29 is 37.9 Å². The largest absolute Gasteiger partial charge is 0.378 e. The van der Waals surface area contributed by atoms with E-state index in [0.717, 1.165) is 39.3 Å². The van der Waals surface area contributed by atoms with Crippen LogP contribution in [0, 0.1) is 0 Å². The molecule has 12 heteroatoms. The summed E-state index contributed by atoms with van der Waals surface area (Å²) >= 11 is 3.68. The Hall–Kier alpha value is -0.740. The van der Waals surface area contributed by atoms with E-state index in [1.807, 2.05) is 22.7 Å². The summed E-state index contributed by atoms with van der Waals surface area (Å²) in [4.78, 5) is 4.86. The lowest BCUT2D eigenvalue weighted by Gasteiger charge is -2.23. The van der Waals surface area contributed by atoms with Gasteiger partial charge in [-0.15, -0.1) is 22.7 Å². The van der Waals surface area contributed by atoms with Crippen molar-refractivity contribution in [3.05, 3.63) is 21.9 Å². The van der Waals surface area contributed by atoms with Crippen molar-refractivity contribution >= 4 is 32.1 Å². The molecule has 228 valence electrons. The monoisotopic (exact) mass is 602 g/mol. The molecule has 2 aromatic heterocycles. The van der Waals surface area contributed by atoms with Gasteiger partial charge >= 0.3 is 0 Å². The van der Waals surface area contributed by atoms with E-state index < -0.39 is 0 Å². The standard InChI is InChI=1S/C28H46N2O8S2/c1-5-31-9-13-35-17-18-36-14-10-32-6-2-29(1)21-25-23-39-28-27(25)26(24-40-28)22-30-3-7-33-11-15-37-19-20-38-16-12-34-8-4-30/h23-24H,1-22H2. The minimum atomic E-state index is 0.591. The molecule has 0 aromatic carbocycles. The van der Waals surface area contributed by atoms with E-state index in [4.69, 9.17) is 37.9 Å². The lowest BCUT2D eigenvalue weighted by atomic mass is 10.1. The summed E-state index contributed by atoms with van der Waals surface area (Å²) in [6, 6.07) is 0. The highest BCUT2D eigenvalue weighted by molar-refractivity contribution is 7.37. The molecule has 0 atom stereocenters. The van der Waals surface area contributed by atoms with E-state index in [-0.39, 0.29) is 0 Å². The van der Waals surface area contributed by atoms with Gasteiger partial charge in [0.25, 0.3) is 0 Å². The van der Waals surface area contributed by atoms with Gasteiger partial charge in [0.1, 0.15) is 0 Å². The van der Waals surface area contributed by atoms with Crippen LogP contribution in [0.15, 0.2) is 10.8 Å². The van der Waals surface area contributed by atoms with Crippen LogP contribution in [0.5, 0.6) is 0 Å². The van der Waals surface area contributed by atoms with E-state index in [9.17, 15) is 0 Å². The number of hydrogen-bond acceptors (Lipinski definition) is 12. The number of fused-ring (bicyclic) bond motifs is 1. The zero-order valence-corrected chi connectivity index (χ0v) is 25.3. The van der Waals surface area contributed by atoms with Gasteiger partial charge in [0.05, 0.1) is 110 Å². The van der Waals surface area contributed by atoms with E-state index >= 15 is 0 Å². The molecule has 2 aliphatic heterocycles. The van der Waals surface area contributed by atoms with Crippen LogP contribution in [0.2, 0.25) is 0 Å². The third kappa shape index (κ3) is 12.2. The molecule has 0 spiro atoms. The fourth-order valence-corrected chi connectivity index (χ4v) is 6.69. The molecule has 40 heavy (non-hydrogen) atoms. The summed E-state index contributed by atoms with van der Waals surface area (Å²) in [5.41, 5.74) is 2.75. The predicted molar refractivity (Wildman–Crippen MR) is 157 cm³/mol. The second-order valence-corrected chi connectivity index (χ2v) is 11.7. The van der Waals surface area contributed by atoms with Crippen LogP contribution >= 0.6 is 22.7 Å². The van der Waals surface area contributed by atoms with Crippen LogP contribution in [0.4, 0.5) is 0 Å². The molecule has 2 aliphatic rings. The molecule has 0 saturated carbocycles. The number of nitrogens with zero attached hydrogens (tertiary/aromatic N) is 2. The van der Waals surface area contributed by atoms with Crippen LogP contribution < -0.4 is 0 Å². The third-order valence-electron chi connectivity index (χ3n) is 6.69. The Kier molecular flexibility index (Phi) is 16.3. The lowest BCUT2D eigenvalue weighted by Crippen LogP contribution is -2.32. The van der Waals surface area contributed by atoms with Crippen molar-refractivity contribution in [1.82, 2.24) is 9.80 Å². The van der Waals surface area contributed by atoms with Gasteiger partial charge in [-0.25, -0.2) is 0 Å². The number of rotatable bonds is 4. The fraction of sp³-hybridized carbons (Fsp3) is 0.786. The predicted octanol–water partition coefficient (Wildman–Crippen LogP) is 2.73. The van der Waals surface area contributed by atoms with Gasteiger partial charge in [0.2, 0.25) is 0 Å². The van der Waals surface area contributed by atoms with Crippen LogP contribution in [-0.4, -0.2) is 142 Å². The molecule has 0 amide bonds. The molecule has 0 unspecified atom stereocenters. The molecular weight excluding hydrogens is 556 g/mol. The maximum absolute atomic E-state index is 5.85. The first-order valence-corrected chi connectivity index (χ1v) is 16.2. The lowest BCUT2D eigenvalue weighted by molar-refractivity contribution is 0.00206. The molecular formula is C28H46N2O8S2. The van der Waals surface area contributed by atoms with Gasteiger partial charge in [-0.3, -0.25) is 9.80 Å². The smallest absolute Gasteiger partial charge is 0.0871 e. The van der Waals surface area contributed by atoms with Crippen molar-refractivity contribution in [2.45, 2.75) is 13.1 Å². The normalized spacial score (nSPS) is 22.7. The maximum Gasteiger partial charge on any atom is 0.0871 e. The first-order chi connectivity index (χ1) is 19.9. The molecule has 2 fully saturated rings. The van der Waals surface area contributed by atoms with Crippen molar-refractivity contribution in [2.75, 3.05) is 132 Å². The Balaban J connectivity index is 1.36. The first kappa shape index (κ1) is 32.2. The summed E-state index contributed by atoms with van der Waals surface area (Å²) in [7, 11) is 0. The Bertz CT molecular complexity index is 815. The second kappa shape index (κ2) is 20.2. The summed E-state index contributed by atoms with van der Waals surface area (Å²) in [6.45, 7) is 15.0. The number of ether oxygens (including phenoxy) is 8. The SMILES string of the molecule is c1sc2scc(CN3CCOCCOCCOCCOCC3)c2c1CN1CCOCCOCCOCCOCC1. The number of thiophene rings is 2. The Morgan fingerprint density at radius 2 is 0.700 bits per heavy atom. The molecule has 2 saturated heterocycles. The van der Waals surface area contributed by atoms with E-state index in [2.05, 4.69) is 20.6 Å². The molecule has 4 rings (SSSR count).